The summed E-state index contributed by atoms with van der Waals surface area (Å²) in [7, 11) is 1.85. The maximum Gasteiger partial charge on any atom is 0.139 e. The van der Waals surface area contributed by atoms with E-state index in [9.17, 15) is 4.79 Å². The Morgan fingerprint density at radius 3 is 2.61 bits per heavy atom. The Hall–Kier alpha value is -2.10. The zero-order valence-electron chi connectivity index (χ0n) is 10.5. The first-order valence-electron chi connectivity index (χ1n) is 5.98. The molecule has 0 aliphatic rings. The Labute approximate surface area is 106 Å². The highest BCUT2D eigenvalue weighted by Crippen LogP contribution is 2.09. The third kappa shape index (κ3) is 3.45. The fourth-order valence-corrected chi connectivity index (χ4v) is 1.82. The molecule has 0 aliphatic carbocycles. The highest BCUT2D eigenvalue weighted by atomic mass is 16.1. The van der Waals surface area contributed by atoms with Crippen LogP contribution in [0, 0.1) is 0 Å². The zero-order valence-corrected chi connectivity index (χ0v) is 10.5. The topological polar surface area (TPSA) is 60.9 Å². The van der Waals surface area contributed by atoms with Crippen molar-refractivity contribution in [2.45, 2.75) is 19.3 Å². The number of anilines is 1. The van der Waals surface area contributed by atoms with Crippen LogP contribution in [0.25, 0.3) is 0 Å². The van der Waals surface area contributed by atoms with Crippen LogP contribution in [0.5, 0.6) is 0 Å². The van der Waals surface area contributed by atoms with Gasteiger partial charge < -0.3 is 5.73 Å². The number of hydrogen-bond acceptors (Lipinski definition) is 3. The van der Waals surface area contributed by atoms with Gasteiger partial charge in [0.05, 0.1) is 12.1 Å². The third-order valence-electron chi connectivity index (χ3n) is 2.82. The molecule has 0 saturated heterocycles. The summed E-state index contributed by atoms with van der Waals surface area (Å²) in [6.45, 7) is 0. The molecule has 0 atom stereocenters. The van der Waals surface area contributed by atoms with Crippen molar-refractivity contribution in [1.82, 2.24) is 9.78 Å². The standard InChI is InChI=1S/C14H17N3O/c1-17-9-8-13(16-17)10-14(18)7-4-11-2-5-12(15)6-3-11/h2-3,5-6,8-9H,4,7,10,15H2,1H3. The number of carbonyl (C=O) groups is 1. The Kier molecular flexibility index (Phi) is 3.77. The highest BCUT2D eigenvalue weighted by molar-refractivity contribution is 5.80. The molecule has 0 amide bonds. The van der Waals surface area contributed by atoms with Gasteiger partial charge >= 0.3 is 0 Å². The Morgan fingerprint density at radius 1 is 1.28 bits per heavy atom. The lowest BCUT2D eigenvalue weighted by Crippen LogP contribution is -2.05. The van der Waals surface area contributed by atoms with Crippen LogP contribution < -0.4 is 5.73 Å². The van der Waals surface area contributed by atoms with E-state index in [1.54, 1.807) is 4.68 Å². The van der Waals surface area contributed by atoms with E-state index in [-0.39, 0.29) is 5.78 Å². The van der Waals surface area contributed by atoms with E-state index in [0.717, 1.165) is 23.4 Å². The molecule has 0 fully saturated rings. The molecule has 2 aromatic rings. The first kappa shape index (κ1) is 12.4. The third-order valence-corrected chi connectivity index (χ3v) is 2.82. The SMILES string of the molecule is Cn1ccc(CC(=O)CCc2ccc(N)cc2)n1. The summed E-state index contributed by atoms with van der Waals surface area (Å²) in [5.41, 5.74) is 8.33. The highest BCUT2D eigenvalue weighted by Gasteiger charge is 2.06. The molecule has 0 saturated carbocycles. The smallest absolute Gasteiger partial charge is 0.139 e. The second-order valence-corrected chi connectivity index (χ2v) is 4.44. The first-order chi connectivity index (χ1) is 8.63. The fraction of sp³-hybridized carbons (Fsp3) is 0.286. The van der Waals surface area contributed by atoms with Crippen LogP contribution in [0.2, 0.25) is 0 Å². The van der Waals surface area contributed by atoms with Crippen molar-refractivity contribution in [3.8, 4) is 0 Å². The average Bonchev–Trinajstić information content (AvgIpc) is 2.74. The number of aryl methyl sites for hydroxylation is 2. The van der Waals surface area contributed by atoms with Gasteiger partial charge in [-0.25, -0.2) is 0 Å². The number of nitrogens with two attached hydrogens (primary N) is 1. The summed E-state index contributed by atoms with van der Waals surface area (Å²) in [6, 6.07) is 9.52. The van der Waals surface area contributed by atoms with Crippen LogP contribution in [0.15, 0.2) is 36.5 Å². The van der Waals surface area contributed by atoms with E-state index >= 15 is 0 Å². The second-order valence-electron chi connectivity index (χ2n) is 4.44. The lowest BCUT2D eigenvalue weighted by Gasteiger charge is -2.01. The number of Topliss-reactive ketones (excluding diaryl/α,β-unsaturated/α-hetero) is 1. The van der Waals surface area contributed by atoms with E-state index in [4.69, 9.17) is 5.73 Å². The minimum absolute atomic E-state index is 0.213. The number of carbonyl (C=O) groups excluding carboxylic acids is 1. The van der Waals surface area contributed by atoms with E-state index < -0.39 is 0 Å². The average molecular weight is 243 g/mol. The molecular weight excluding hydrogens is 226 g/mol. The molecular formula is C14H17N3O. The molecule has 4 nitrogen and oxygen atoms in total. The van der Waals surface area contributed by atoms with Crippen molar-refractivity contribution in [3.63, 3.8) is 0 Å². The number of ketones is 1. The van der Waals surface area contributed by atoms with Crippen molar-refractivity contribution in [1.29, 1.82) is 0 Å². The fourth-order valence-electron chi connectivity index (χ4n) is 1.82. The van der Waals surface area contributed by atoms with Crippen molar-refractivity contribution >= 4 is 11.5 Å². The molecule has 4 heteroatoms. The van der Waals surface area contributed by atoms with E-state index in [2.05, 4.69) is 5.10 Å². The largest absolute Gasteiger partial charge is 0.399 e. The molecule has 1 aromatic carbocycles. The van der Waals surface area contributed by atoms with Gasteiger partial charge in [-0.15, -0.1) is 0 Å². The number of aromatic nitrogens is 2. The van der Waals surface area contributed by atoms with Gasteiger partial charge in [-0.3, -0.25) is 9.48 Å². The maximum atomic E-state index is 11.8. The van der Waals surface area contributed by atoms with Crippen LogP contribution in [-0.4, -0.2) is 15.6 Å². The molecule has 2 rings (SSSR count). The number of benzene rings is 1. The van der Waals surface area contributed by atoms with Crippen molar-refractivity contribution in [2.24, 2.45) is 7.05 Å². The van der Waals surface area contributed by atoms with Crippen LogP contribution in [0.1, 0.15) is 17.7 Å². The molecule has 0 radical (unpaired) electrons. The maximum absolute atomic E-state index is 11.8. The number of nitrogens with zero attached hydrogens (tertiary/aromatic N) is 2. The number of hydrogen-bond donors (Lipinski definition) is 1. The molecule has 0 aliphatic heterocycles. The van der Waals surface area contributed by atoms with Gasteiger partial charge in [0.15, 0.2) is 0 Å². The Balaban J connectivity index is 1.83. The van der Waals surface area contributed by atoms with Crippen molar-refractivity contribution in [3.05, 3.63) is 47.8 Å². The number of nitrogen functional groups attached to an aromatic ring is 1. The molecule has 0 bridgehead atoms. The summed E-state index contributed by atoms with van der Waals surface area (Å²) in [6.07, 6.45) is 3.56. The Morgan fingerprint density at radius 2 is 2.00 bits per heavy atom. The van der Waals surface area contributed by atoms with Gasteiger partial charge in [0.2, 0.25) is 0 Å². The van der Waals surface area contributed by atoms with Gasteiger partial charge in [-0.05, 0) is 30.2 Å². The van der Waals surface area contributed by atoms with Crippen LogP contribution in [-0.2, 0) is 24.7 Å². The lowest BCUT2D eigenvalue weighted by atomic mass is 10.0. The number of rotatable bonds is 5. The summed E-state index contributed by atoms with van der Waals surface area (Å²) in [5.74, 6) is 0.213. The van der Waals surface area contributed by atoms with Gasteiger partial charge in [0.25, 0.3) is 0 Å². The summed E-state index contributed by atoms with van der Waals surface area (Å²) >= 11 is 0. The second kappa shape index (κ2) is 5.49. The minimum Gasteiger partial charge on any atom is -0.399 e. The van der Waals surface area contributed by atoms with E-state index in [0.29, 0.717) is 12.8 Å². The van der Waals surface area contributed by atoms with E-state index in [1.807, 2.05) is 43.6 Å². The minimum atomic E-state index is 0.213. The predicted octanol–water partition coefficient (Wildman–Crippen LogP) is 1.75. The molecule has 0 unspecified atom stereocenters. The normalized spacial score (nSPS) is 10.5. The summed E-state index contributed by atoms with van der Waals surface area (Å²) in [4.78, 5) is 11.8. The molecule has 1 aromatic heterocycles. The van der Waals surface area contributed by atoms with Gasteiger partial charge in [-0.2, -0.15) is 5.10 Å². The quantitative estimate of drug-likeness (QED) is 0.814. The van der Waals surface area contributed by atoms with Crippen molar-refractivity contribution in [2.75, 3.05) is 5.73 Å². The van der Waals surface area contributed by atoms with Gasteiger partial charge in [0, 0.05) is 25.4 Å². The summed E-state index contributed by atoms with van der Waals surface area (Å²) in [5, 5.41) is 4.20. The summed E-state index contributed by atoms with van der Waals surface area (Å²) < 4.78 is 1.71. The van der Waals surface area contributed by atoms with Crippen LogP contribution in [0.3, 0.4) is 0 Å². The lowest BCUT2D eigenvalue weighted by molar-refractivity contribution is -0.118. The van der Waals surface area contributed by atoms with Gasteiger partial charge in [0.1, 0.15) is 5.78 Å². The van der Waals surface area contributed by atoms with Crippen LogP contribution >= 0.6 is 0 Å². The first-order valence-corrected chi connectivity index (χ1v) is 5.98. The Bertz CT molecular complexity index is 528. The molecule has 94 valence electrons. The van der Waals surface area contributed by atoms with Crippen molar-refractivity contribution < 1.29 is 4.79 Å². The predicted molar refractivity (Wildman–Crippen MR) is 71.1 cm³/mol. The van der Waals surface area contributed by atoms with Crippen LogP contribution in [0.4, 0.5) is 5.69 Å². The monoisotopic (exact) mass is 243 g/mol. The molecule has 18 heavy (non-hydrogen) atoms. The molecule has 2 N–H and O–H groups in total. The van der Waals surface area contributed by atoms with Gasteiger partial charge in [-0.1, -0.05) is 12.1 Å². The zero-order chi connectivity index (χ0) is 13.0. The molecule has 0 spiro atoms. The molecule has 1 heterocycles. The van der Waals surface area contributed by atoms with E-state index in [1.165, 1.54) is 0 Å².